The van der Waals surface area contributed by atoms with E-state index in [4.69, 9.17) is 0 Å². The van der Waals surface area contributed by atoms with E-state index in [1.807, 2.05) is 26.0 Å². The van der Waals surface area contributed by atoms with E-state index in [0.29, 0.717) is 11.5 Å². The Hall–Kier alpha value is -2.24. The summed E-state index contributed by atoms with van der Waals surface area (Å²) in [4.78, 5) is 24.9. The predicted molar refractivity (Wildman–Crippen MR) is 103 cm³/mol. The smallest absolute Gasteiger partial charge is 0.325 e. The van der Waals surface area contributed by atoms with Gasteiger partial charge in [-0.05, 0) is 24.8 Å². The summed E-state index contributed by atoms with van der Waals surface area (Å²) >= 11 is 0. The number of fused-ring (bicyclic) bond motifs is 1. The molecule has 132 valence electrons. The van der Waals surface area contributed by atoms with Crippen LogP contribution < -0.4 is 16.1 Å². The molecule has 2 amide bonds. The number of nitrogens with one attached hydrogen (secondary N) is 2. The third kappa shape index (κ3) is 3.73. The number of rotatable bonds is 3. The minimum Gasteiger partial charge on any atom is -0.352 e. The molecule has 1 fully saturated rings. The van der Waals surface area contributed by atoms with E-state index in [-0.39, 0.29) is 11.9 Å². The summed E-state index contributed by atoms with van der Waals surface area (Å²) in [5, 5.41) is 6.58. The maximum absolute atomic E-state index is 12.8. The van der Waals surface area contributed by atoms with Gasteiger partial charge in [-0.15, -0.1) is 0 Å². The lowest BCUT2D eigenvalue weighted by Crippen LogP contribution is -2.29. The minimum atomic E-state index is -0.238. The maximum atomic E-state index is 12.8. The van der Waals surface area contributed by atoms with Gasteiger partial charge in [-0.1, -0.05) is 43.3 Å². The lowest BCUT2D eigenvalue weighted by molar-refractivity contribution is 0.0947. The van der Waals surface area contributed by atoms with Gasteiger partial charge in [-0.2, -0.15) is 0 Å². The van der Waals surface area contributed by atoms with Gasteiger partial charge in [-0.3, -0.25) is 9.36 Å². The molecule has 1 aliphatic carbocycles. The average molecular weight is 339 g/mol. The van der Waals surface area contributed by atoms with Gasteiger partial charge in [0.2, 0.25) is 0 Å². The molecule has 1 heterocycles. The maximum Gasteiger partial charge on any atom is 0.325 e. The summed E-state index contributed by atoms with van der Waals surface area (Å²) in [6.07, 6.45) is 9.18. The van der Waals surface area contributed by atoms with Crippen molar-refractivity contribution in [1.82, 2.24) is 15.2 Å². The molecule has 0 aliphatic heterocycles. The first-order chi connectivity index (χ1) is 12.1. The molecule has 1 aliphatic rings. The Morgan fingerprint density at radius 2 is 1.92 bits per heavy atom. The van der Waals surface area contributed by atoms with Gasteiger partial charge < -0.3 is 10.6 Å². The topological polar surface area (TPSA) is 63.1 Å². The summed E-state index contributed by atoms with van der Waals surface area (Å²) < 4.78 is 1.52. The summed E-state index contributed by atoms with van der Waals surface area (Å²) in [5.41, 5.74) is 2.34. The molecule has 2 N–H and O–H groups in total. The van der Waals surface area contributed by atoms with Crippen LogP contribution in [0.15, 0.2) is 24.4 Å². The highest BCUT2D eigenvalue weighted by Gasteiger charge is 2.20. The largest absolute Gasteiger partial charge is 0.352 e. The number of aromatic nitrogens is 1. The molecular weight excluding hydrogens is 313 g/mol. The van der Waals surface area contributed by atoms with Crippen molar-refractivity contribution in [2.24, 2.45) is 5.92 Å². The highest BCUT2D eigenvalue weighted by Crippen LogP contribution is 2.23. The molecular formula is C19H26BN3O2. The molecule has 0 radical (unpaired) electrons. The Morgan fingerprint density at radius 3 is 2.60 bits per heavy atom. The van der Waals surface area contributed by atoms with Crippen LogP contribution in [0.25, 0.3) is 10.9 Å². The number of benzene rings is 1. The van der Waals surface area contributed by atoms with E-state index in [0.717, 1.165) is 22.9 Å². The second kappa shape index (κ2) is 7.76. The van der Waals surface area contributed by atoms with Gasteiger partial charge in [0.05, 0.1) is 11.1 Å². The number of nitrogens with zero attached hydrogens (tertiary/aromatic N) is 1. The Morgan fingerprint density at radius 1 is 1.20 bits per heavy atom. The number of amides is 2. The number of carbonyl (C=O) groups excluding carboxylic acids is 2. The minimum absolute atomic E-state index is 0.0915. The van der Waals surface area contributed by atoms with Crippen molar-refractivity contribution >= 4 is 36.2 Å². The van der Waals surface area contributed by atoms with E-state index in [9.17, 15) is 9.59 Å². The standard InChI is InChI=1S/C19H26BN3O2/c1-21-19(25)23-12-14(17-15(20)9-6-10-16(17)23)18(24)22-11-13-7-4-2-3-5-8-13/h6,9-10,12-13H,2-5,7-8,11,20H2,1H3,(H,21,25)(H,22,24). The monoisotopic (exact) mass is 339 g/mol. The highest BCUT2D eigenvalue weighted by molar-refractivity contribution is 6.40. The van der Waals surface area contributed by atoms with Gasteiger partial charge in [0.15, 0.2) is 0 Å². The molecule has 25 heavy (non-hydrogen) atoms. The lowest BCUT2D eigenvalue weighted by Gasteiger charge is -2.14. The zero-order valence-electron chi connectivity index (χ0n) is 15.1. The van der Waals surface area contributed by atoms with E-state index in [1.165, 1.54) is 43.1 Å². The summed E-state index contributed by atoms with van der Waals surface area (Å²) in [7, 11) is 3.56. The highest BCUT2D eigenvalue weighted by atomic mass is 16.2. The number of hydrogen-bond acceptors (Lipinski definition) is 2. The first kappa shape index (κ1) is 17.6. The van der Waals surface area contributed by atoms with Crippen molar-refractivity contribution in [3.8, 4) is 0 Å². The fourth-order valence-electron chi connectivity index (χ4n) is 3.83. The first-order valence-corrected chi connectivity index (χ1v) is 9.22. The van der Waals surface area contributed by atoms with Crippen molar-refractivity contribution in [2.75, 3.05) is 13.6 Å². The first-order valence-electron chi connectivity index (χ1n) is 9.22. The van der Waals surface area contributed by atoms with E-state index < -0.39 is 0 Å². The van der Waals surface area contributed by atoms with Crippen molar-refractivity contribution in [3.05, 3.63) is 30.0 Å². The molecule has 0 unspecified atom stereocenters. The molecule has 1 aromatic heterocycles. The Kier molecular flexibility index (Phi) is 5.46. The van der Waals surface area contributed by atoms with E-state index in [1.54, 1.807) is 13.2 Å². The lowest BCUT2D eigenvalue weighted by atomic mass is 9.90. The van der Waals surface area contributed by atoms with Gasteiger partial charge >= 0.3 is 6.03 Å². The van der Waals surface area contributed by atoms with E-state index in [2.05, 4.69) is 10.6 Å². The second-order valence-corrected chi connectivity index (χ2v) is 7.00. The molecule has 0 saturated heterocycles. The van der Waals surface area contributed by atoms with Crippen LogP contribution in [0.5, 0.6) is 0 Å². The SMILES string of the molecule is Bc1cccc2c1c(C(=O)NCC1CCCCCC1)cn2C(=O)NC. The molecule has 5 nitrogen and oxygen atoms in total. The van der Waals surface area contributed by atoms with Crippen LogP contribution in [-0.2, 0) is 0 Å². The van der Waals surface area contributed by atoms with Crippen molar-refractivity contribution in [2.45, 2.75) is 38.5 Å². The van der Waals surface area contributed by atoms with Crippen LogP contribution in [0.1, 0.15) is 48.9 Å². The van der Waals surface area contributed by atoms with Gasteiger partial charge in [0.25, 0.3) is 5.91 Å². The normalized spacial score (nSPS) is 15.7. The Bertz CT molecular complexity index is 776. The van der Waals surface area contributed by atoms with Crippen molar-refractivity contribution in [1.29, 1.82) is 0 Å². The van der Waals surface area contributed by atoms with Crippen LogP contribution in [0, 0.1) is 5.92 Å². The average Bonchev–Trinajstić information content (AvgIpc) is 2.83. The third-order valence-corrected chi connectivity index (χ3v) is 5.24. The van der Waals surface area contributed by atoms with Crippen LogP contribution in [0.3, 0.4) is 0 Å². The molecule has 3 rings (SSSR count). The van der Waals surface area contributed by atoms with Crippen molar-refractivity contribution < 1.29 is 9.59 Å². The van der Waals surface area contributed by atoms with Crippen LogP contribution in [0.2, 0.25) is 0 Å². The fraction of sp³-hybridized carbons (Fsp3) is 0.474. The summed E-state index contributed by atoms with van der Waals surface area (Å²) in [6.45, 7) is 0.720. The summed E-state index contributed by atoms with van der Waals surface area (Å²) in [5.74, 6) is 0.478. The number of hydrogen-bond donors (Lipinski definition) is 2. The molecule has 0 spiro atoms. The molecule has 1 aromatic carbocycles. The Labute approximate surface area is 149 Å². The summed E-state index contributed by atoms with van der Waals surface area (Å²) in [6, 6.07) is 5.51. The second-order valence-electron chi connectivity index (χ2n) is 7.00. The van der Waals surface area contributed by atoms with Crippen LogP contribution >= 0.6 is 0 Å². The predicted octanol–water partition coefficient (Wildman–Crippen LogP) is 1.79. The van der Waals surface area contributed by atoms with Crippen LogP contribution in [0.4, 0.5) is 4.79 Å². The number of carbonyl (C=O) groups is 2. The van der Waals surface area contributed by atoms with Gasteiger partial charge in [0, 0.05) is 25.2 Å². The van der Waals surface area contributed by atoms with Crippen molar-refractivity contribution in [3.63, 3.8) is 0 Å². The van der Waals surface area contributed by atoms with E-state index >= 15 is 0 Å². The quantitative estimate of drug-likeness (QED) is 0.662. The zero-order valence-corrected chi connectivity index (χ0v) is 15.1. The van der Waals surface area contributed by atoms with Gasteiger partial charge in [0.1, 0.15) is 7.85 Å². The molecule has 2 aromatic rings. The fourth-order valence-corrected chi connectivity index (χ4v) is 3.83. The molecule has 1 saturated carbocycles. The molecule has 0 bridgehead atoms. The third-order valence-electron chi connectivity index (χ3n) is 5.24. The van der Waals surface area contributed by atoms with Crippen LogP contribution in [-0.4, -0.2) is 37.9 Å². The molecule has 0 atom stereocenters. The Balaban J connectivity index is 1.84. The zero-order chi connectivity index (χ0) is 17.8. The molecule has 6 heteroatoms. The van der Waals surface area contributed by atoms with Gasteiger partial charge in [-0.25, -0.2) is 4.79 Å².